The maximum atomic E-state index is 12.0. The molecule has 0 aliphatic heterocycles. The minimum Gasteiger partial charge on any atom is -0.370 e. The lowest BCUT2D eigenvalue weighted by molar-refractivity contribution is 0.0995. The number of carbonyl (C=O) groups excluding carboxylic acids is 1. The Morgan fingerprint density at radius 2 is 2.00 bits per heavy atom. The minimum absolute atomic E-state index is 0.116. The zero-order chi connectivity index (χ0) is 16.7. The molecule has 2 rings (SSSR count). The van der Waals surface area contributed by atoms with Gasteiger partial charge < -0.3 is 20.2 Å². The van der Waals surface area contributed by atoms with E-state index in [-0.39, 0.29) is 17.4 Å². The molecule has 9 nitrogen and oxygen atoms in total. The monoisotopic (exact) mass is 326 g/mol. The fourth-order valence-corrected chi connectivity index (χ4v) is 2.49. The summed E-state index contributed by atoms with van der Waals surface area (Å²) in [5, 5.41) is 0.567. The second-order valence-corrected chi connectivity index (χ2v) is 5.61. The van der Waals surface area contributed by atoms with Gasteiger partial charge in [0.2, 0.25) is 0 Å². The highest BCUT2D eigenvalue weighted by molar-refractivity contribution is 7.81. The summed E-state index contributed by atoms with van der Waals surface area (Å²) < 4.78 is 36.6. The van der Waals surface area contributed by atoms with E-state index >= 15 is 0 Å². The molecule has 0 radical (unpaired) electrons. The first-order chi connectivity index (χ1) is 10.1. The Balaban J connectivity index is 2.73. The highest BCUT2D eigenvalue weighted by atomic mass is 32.3. The van der Waals surface area contributed by atoms with Crippen molar-refractivity contribution < 1.29 is 21.9 Å². The predicted molar refractivity (Wildman–Crippen MR) is 80.0 cm³/mol. The van der Waals surface area contributed by atoms with Gasteiger partial charge in [0.1, 0.15) is 5.69 Å². The van der Waals surface area contributed by atoms with Crippen molar-refractivity contribution in [3.63, 3.8) is 0 Å². The van der Waals surface area contributed by atoms with Gasteiger partial charge in [0, 0.05) is 12.4 Å². The number of amides is 1. The van der Waals surface area contributed by atoms with Crippen LogP contribution in [0.25, 0.3) is 10.9 Å². The number of carbonyl (C=O) groups is 1. The van der Waals surface area contributed by atoms with Gasteiger partial charge in [-0.25, -0.2) is 0 Å². The summed E-state index contributed by atoms with van der Waals surface area (Å²) in [6.45, 7) is 1.77. The molecule has 0 bridgehead atoms. The molecule has 0 unspecified atom stereocenters. The maximum Gasteiger partial charge on any atom is 0.446 e. The molecule has 0 aliphatic carbocycles. The summed E-state index contributed by atoms with van der Waals surface area (Å²) in [6.07, 6.45) is 0. The van der Waals surface area contributed by atoms with E-state index < -0.39 is 16.3 Å². The van der Waals surface area contributed by atoms with Crippen molar-refractivity contribution in [2.75, 3.05) is 0 Å². The van der Waals surface area contributed by atoms with Crippen molar-refractivity contribution in [1.82, 2.24) is 4.57 Å². The normalized spacial score (nSPS) is 11.4. The van der Waals surface area contributed by atoms with Crippen LogP contribution in [0, 0.1) is 6.92 Å². The molecule has 1 heterocycles. The van der Waals surface area contributed by atoms with Crippen molar-refractivity contribution in [3.05, 3.63) is 29.5 Å². The van der Waals surface area contributed by atoms with E-state index in [1.54, 1.807) is 13.0 Å². The number of hydrogen-bond donors (Lipinski definition) is 3. The van der Waals surface area contributed by atoms with Crippen LogP contribution in [0.2, 0.25) is 0 Å². The van der Waals surface area contributed by atoms with Crippen LogP contribution in [-0.4, -0.2) is 29.4 Å². The van der Waals surface area contributed by atoms with Gasteiger partial charge in [-0.3, -0.25) is 9.35 Å². The van der Waals surface area contributed by atoms with E-state index in [1.165, 1.54) is 23.7 Å². The molecule has 0 aliphatic rings. The van der Waals surface area contributed by atoms with Crippen LogP contribution >= 0.6 is 0 Å². The summed E-state index contributed by atoms with van der Waals surface area (Å²) >= 11 is 0. The number of benzene rings is 1. The molecular weight excluding hydrogens is 312 g/mol. The van der Waals surface area contributed by atoms with E-state index in [4.69, 9.17) is 16.0 Å². The number of rotatable bonds is 3. The summed E-state index contributed by atoms with van der Waals surface area (Å²) in [5.74, 6) is -1.19. The lowest BCUT2D eigenvalue weighted by atomic mass is 10.1. The Labute approximate surface area is 126 Å². The summed E-state index contributed by atoms with van der Waals surface area (Å²) in [4.78, 5) is 15.4. The third kappa shape index (κ3) is 3.02. The van der Waals surface area contributed by atoms with E-state index in [0.29, 0.717) is 10.9 Å². The third-order valence-corrected chi connectivity index (χ3v) is 3.41. The van der Waals surface area contributed by atoms with Crippen molar-refractivity contribution in [2.24, 2.45) is 23.5 Å². The molecule has 1 aromatic carbocycles. The van der Waals surface area contributed by atoms with Crippen LogP contribution in [0.3, 0.4) is 0 Å². The number of aliphatic imine (C=N–C) groups is 1. The van der Waals surface area contributed by atoms with Crippen LogP contribution in [0.5, 0.6) is 5.75 Å². The van der Waals surface area contributed by atoms with Crippen molar-refractivity contribution in [1.29, 1.82) is 0 Å². The summed E-state index contributed by atoms with van der Waals surface area (Å²) in [5.41, 5.74) is 11.6. The molecule has 5 N–H and O–H groups in total. The van der Waals surface area contributed by atoms with E-state index in [0.717, 1.165) is 5.56 Å². The van der Waals surface area contributed by atoms with E-state index in [2.05, 4.69) is 9.18 Å². The van der Waals surface area contributed by atoms with Crippen molar-refractivity contribution in [3.8, 4) is 5.75 Å². The summed E-state index contributed by atoms with van der Waals surface area (Å²) in [7, 11) is -3.17. The Morgan fingerprint density at radius 1 is 1.36 bits per heavy atom. The Morgan fingerprint density at radius 3 is 2.55 bits per heavy atom. The van der Waals surface area contributed by atoms with Crippen LogP contribution < -0.4 is 15.7 Å². The fourth-order valence-electron chi connectivity index (χ4n) is 2.13. The van der Waals surface area contributed by atoms with Crippen LogP contribution in [0.4, 0.5) is 0 Å². The Bertz CT molecular complexity index is 894. The average molecular weight is 326 g/mol. The van der Waals surface area contributed by atoms with Crippen molar-refractivity contribution in [2.45, 2.75) is 6.92 Å². The molecule has 10 heteroatoms. The smallest absolute Gasteiger partial charge is 0.370 e. The Kier molecular flexibility index (Phi) is 3.81. The topological polar surface area (TPSA) is 150 Å². The number of fused-ring (bicyclic) bond motifs is 1. The molecule has 22 heavy (non-hydrogen) atoms. The fraction of sp³-hybridized carbons (Fsp3) is 0.167. The first-order valence-electron chi connectivity index (χ1n) is 6.00. The number of guanidine groups is 1. The lowest BCUT2D eigenvalue weighted by Gasteiger charge is -2.07. The first-order valence-corrected chi connectivity index (χ1v) is 7.36. The van der Waals surface area contributed by atoms with Gasteiger partial charge in [0.15, 0.2) is 11.7 Å². The quantitative estimate of drug-likeness (QED) is 0.410. The average Bonchev–Trinajstić information content (AvgIpc) is 2.70. The zero-order valence-electron chi connectivity index (χ0n) is 11.8. The summed E-state index contributed by atoms with van der Waals surface area (Å²) in [6, 6.07) is 4.48. The van der Waals surface area contributed by atoms with Crippen molar-refractivity contribution >= 4 is 33.2 Å². The third-order valence-electron chi connectivity index (χ3n) is 3.02. The van der Waals surface area contributed by atoms with Gasteiger partial charge in [-0.05, 0) is 24.6 Å². The van der Waals surface area contributed by atoms with Gasteiger partial charge >= 0.3 is 10.4 Å². The van der Waals surface area contributed by atoms with Gasteiger partial charge in [-0.1, -0.05) is 6.07 Å². The molecular formula is C12H14N4O5S. The minimum atomic E-state index is -4.69. The molecule has 0 atom stereocenters. The molecule has 0 saturated carbocycles. The standard InChI is InChI=1S/C12H14N4O5S/c1-6-3-4-9(21-22(18,19)20)10-7(6)5-8(16(10)2)11(17)15-12(13)14/h3-5H,1-2H3,(H,18,19,20)(H4,13,14,15,17). The zero-order valence-corrected chi connectivity index (χ0v) is 12.6. The van der Waals surface area contributed by atoms with E-state index in [9.17, 15) is 13.2 Å². The lowest BCUT2D eigenvalue weighted by Crippen LogP contribution is -2.24. The number of aryl methyl sites for hydroxylation is 2. The van der Waals surface area contributed by atoms with Crippen LogP contribution in [-0.2, 0) is 17.4 Å². The van der Waals surface area contributed by atoms with E-state index in [1.807, 2.05) is 0 Å². The van der Waals surface area contributed by atoms with Gasteiger partial charge in [-0.2, -0.15) is 13.4 Å². The molecule has 118 valence electrons. The molecule has 0 spiro atoms. The number of hydrogen-bond acceptors (Lipinski definition) is 4. The van der Waals surface area contributed by atoms with Gasteiger partial charge in [0.25, 0.3) is 5.91 Å². The molecule has 2 aromatic rings. The van der Waals surface area contributed by atoms with Gasteiger partial charge in [0.05, 0.1) is 5.52 Å². The SMILES string of the molecule is Cc1ccc(OS(=O)(=O)O)c2c1cc(C(=O)N=C(N)N)n2C. The first kappa shape index (κ1) is 15.8. The number of aromatic nitrogens is 1. The van der Waals surface area contributed by atoms with Gasteiger partial charge in [-0.15, -0.1) is 0 Å². The molecule has 0 fully saturated rings. The molecule has 1 aromatic heterocycles. The highest BCUT2D eigenvalue weighted by Gasteiger charge is 2.19. The number of nitrogens with two attached hydrogens (primary N) is 2. The second-order valence-electron chi connectivity index (χ2n) is 4.58. The number of nitrogens with zero attached hydrogens (tertiary/aromatic N) is 2. The molecule has 1 amide bonds. The van der Waals surface area contributed by atoms with Crippen LogP contribution in [0.1, 0.15) is 16.1 Å². The Hall–Kier alpha value is -2.59. The largest absolute Gasteiger partial charge is 0.446 e. The highest BCUT2D eigenvalue weighted by Crippen LogP contribution is 2.31. The second kappa shape index (κ2) is 5.31. The maximum absolute atomic E-state index is 12.0. The molecule has 0 saturated heterocycles. The predicted octanol–water partition coefficient (Wildman–Crippen LogP) is 0.0819. The van der Waals surface area contributed by atoms with Crippen LogP contribution in [0.15, 0.2) is 23.2 Å².